The van der Waals surface area contributed by atoms with E-state index in [2.05, 4.69) is 10.6 Å². The number of methoxy groups -OCH3 is 1. The van der Waals surface area contributed by atoms with Crippen LogP contribution in [0.2, 0.25) is 0 Å². The third-order valence-corrected chi connectivity index (χ3v) is 2.60. The Hall–Kier alpha value is -1.83. The summed E-state index contributed by atoms with van der Waals surface area (Å²) in [6, 6.07) is -1.15. The highest BCUT2D eigenvalue weighted by Gasteiger charge is 2.19. The SMILES string of the molecule is CCN(CCC(=O)O)C(=O)NC(C)C(=O)NCCOC. The number of hydrogen-bond donors (Lipinski definition) is 3. The first-order valence-electron chi connectivity index (χ1n) is 6.46. The summed E-state index contributed by atoms with van der Waals surface area (Å²) in [5.74, 6) is -1.29. The zero-order chi connectivity index (χ0) is 15.5. The summed E-state index contributed by atoms with van der Waals surface area (Å²) in [6.07, 6.45) is -0.129. The van der Waals surface area contributed by atoms with Crippen molar-refractivity contribution in [3.05, 3.63) is 0 Å². The second kappa shape index (κ2) is 10.0. The maximum Gasteiger partial charge on any atom is 0.318 e. The van der Waals surface area contributed by atoms with E-state index in [1.165, 1.54) is 12.0 Å². The Morgan fingerprint density at radius 1 is 1.35 bits per heavy atom. The molecule has 0 heterocycles. The van der Waals surface area contributed by atoms with E-state index in [-0.39, 0.29) is 18.9 Å². The summed E-state index contributed by atoms with van der Waals surface area (Å²) in [5, 5.41) is 13.7. The van der Waals surface area contributed by atoms with Crippen LogP contribution >= 0.6 is 0 Å². The Morgan fingerprint density at radius 3 is 2.50 bits per heavy atom. The molecule has 1 atom stereocenters. The maximum absolute atomic E-state index is 11.8. The first kappa shape index (κ1) is 18.2. The maximum atomic E-state index is 11.8. The molecule has 0 aromatic carbocycles. The van der Waals surface area contributed by atoms with Crippen LogP contribution in [0.1, 0.15) is 20.3 Å². The van der Waals surface area contributed by atoms with Crippen LogP contribution in [0.4, 0.5) is 4.79 Å². The van der Waals surface area contributed by atoms with Gasteiger partial charge in [0.2, 0.25) is 5.91 Å². The van der Waals surface area contributed by atoms with Crippen molar-refractivity contribution in [1.29, 1.82) is 0 Å². The van der Waals surface area contributed by atoms with Crippen molar-refractivity contribution in [3.63, 3.8) is 0 Å². The molecule has 8 nitrogen and oxygen atoms in total. The molecule has 3 N–H and O–H groups in total. The second-order valence-electron chi connectivity index (χ2n) is 4.18. The van der Waals surface area contributed by atoms with Gasteiger partial charge in [-0.1, -0.05) is 0 Å². The Labute approximate surface area is 118 Å². The van der Waals surface area contributed by atoms with Crippen molar-refractivity contribution in [2.75, 3.05) is 33.4 Å². The second-order valence-corrected chi connectivity index (χ2v) is 4.18. The van der Waals surface area contributed by atoms with Crippen LogP contribution in [0.3, 0.4) is 0 Å². The van der Waals surface area contributed by atoms with Gasteiger partial charge >= 0.3 is 12.0 Å². The van der Waals surface area contributed by atoms with Gasteiger partial charge in [0, 0.05) is 26.7 Å². The summed E-state index contributed by atoms with van der Waals surface area (Å²) >= 11 is 0. The molecule has 116 valence electrons. The van der Waals surface area contributed by atoms with E-state index in [9.17, 15) is 14.4 Å². The van der Waals surface area contributed by atoms with Crippen molar-refractivity contribution in [3.8, 4) is 0 Å². The number of ether oxygens (including phenoxy) is 1. The molecule has 0 aliphatic carbocycles. The van der Waals surface area contributed by atoms with Gasteiger partial charge in [0.15, 0.2) is 0 Å². The van der Waals surface area contributed by atoms with Crippen LogP contribution in [0.25, 0.3) is 0 Å². The van der Waals surface area contributed by atoms with Crippen LogP contribution in [0.5, 0.6) is 0 Å². The fraction of sp³-hybridized carbons (Fsp3) is 0.750. The lowest BCUT2D eigenvalue weighted by molar-refractivity contribution is -0.137. The highest BCUT2D eigenvalue weighted by atomic mass is 16.5. The van der Waals surface area contributed by atoms with E-state index in [1.54, 1.807) is 13.8 Å². The van der Waals surface area contributed by atoms with Gasteiger partial charge < -0.3 is 25.4 Å². The highest BCUT2D eigenvalue weighted by Crippen LogP contribution is 1.94. The summed E-state index contributed by atoms with van der Waals surface area (Å²) in [6.45, 7) is 4.54. The predicted octanol–water partition coefficient (Wildman–Crippen LogP) is -0.356. The number of urea groups is 1. The van der Waals surface area contributed by atoms with Crippen LogP contribution in [0.15, 0.2) is 0 Å². The lowest BCUT2D eigenvalue weighted by Gasteiger charge is -2.23. The molecule has 0 aliphatic heterocycles. The van der Waals surface area contributed by atoms with Gasteiger partial charge in [0.25, 0.3) is 0 Å². The summed E-state index contributed by atoms with van der Waals surface area (Å²) in [5.41, 5.74) is 0. The number of hydrogen-bond acceptors (Lipinski definition) is 4. The van der Waals surface area contributed by atoms with E-state index in [4.69, 9.17) is 9.84 Å². The third-order valence-electron chi connectivity index (χ3n) is 2.60. The van der Waals surface area contributed by atoms with Crippen molar-refractivity contribution < 1.29 is 24.2 Å². The summed E-state index contributed by atoms with van der Waals surface area (Å²) < 4.78 is 4.80. The summed E-state index contributed by atoms with van der Waals surface area (Å²) in [4.78, 5) is 35.3. The van der Waals surface area contributed by atoms with Crippen molar-refractivity contribution >= 4 is 17.9 Å². The van der Waals surface area contributed by atoms with Crippen LogP contribution in [-0.4, -0.2) is 67.3 Å². The van der Waals surface area contributed by atoms with E-state index >= 15 is 0 Å². The zero-order valence-corrected chi connectivity index (χ0v) is 12.1. The average Bonchev–Trinajstić information content (AvgIpc) is 2.39. The fourth-order valence-corrected chi connectivity index (χ4v) is 1.41. The van der Waals surface area contributed by atoms with Crippen molar-refractivity contribution in [1.82, 2.24) is 15.5 Å². The van der Waals surface area contributed by atoms with E-state index < -0.39 is 18.0 Å². The smallest absolute Gasteiger partial charge is 0.318 e. The zero-order valence-electron chi connectivity index (χ0n) is 12.1. The molecule has 0 bridgehead atoms. The standard InChI is InChI=1S/C12H23N3O5/c1-4-15(7-5-10(16)17)12(19)14-9(2)11(18)13-6-8-20-3/h9H,4-8H2,1-3H3,(H,13,18)(H,14,19)(H,16,17). The number of carboxylic acids is 1. The topological polar surface area (TPSA) is 108 Å². The number of carbonyl (C=O) groups excluding carboxylic acids is 2. The first-order chi connectivity index (χ1) is 9.42. The molecule has 8 heteroatoms. The van der Waals surface area contributed by atoms with Crippen LogP contribution in [0, 0.1) is 0 Å². The average molecular weight is 289 g/mol. The summed E-state index contributed by atoms with van der Waals surface area (Å²) in [7, 11) is 1.53. The predicted molar refractivity (Wildman–Crippen MR) is 72.4 cm³/mol. The number of aliphatic carboxylic acids is 1. The van der Waals surface area contributed by atoms with Gasteiger partial charge in [0.1, 0.15) is 6.04 Å². The molecule has 3 amide bonds. The molecule has 0 rings (SSSR count). The van der Waals surface area contributed by atoms with Crippen LogP contribution < -0.4 is 10.6 Å². The highest BCUT2D eigenvalue weighted by molar-refractivity contribution is 5.86. The largest absolute Gasteiger partial charge is 0.481 e. The Kier molecular flexibility index (Phi) is 9.10. The molecule has 0 saturated carbocycles. The minimum absolute atomic E-state index is 0.107. The first-order valence-corrected chi connectivity index (χ1v) is 6.46. The quantitative estimate of drug-likeness (QED) is 0.503. The third kappa shape index (κ3) is 7.57. The molecule has 0 aromatic heterocycles. The fourth-order valence-electron chi connectivity index (χ4n) is 1.41. The molecular weight excluding hydrogens is 266 g/mol. The van der Waals surface area contributed by atoms with Gasteiger partial charge in [-0.05, 0) is 13.8 Å². The Morgan fingerprint density at radius 2 is 2.00 bits per heavy atom. The molecule has 0 aliphatic rings. The molecule has 0 fully saturated rings. The Bertz CT molecular complexity index is 335. The number of nitrogens with zero attached hydrogens (tertiary/aromatic N) is 1. The van der Waals surface area contributed by atoms with Gasteiger partial charge in [-0.3, -0.25) is 9.59 Å². The molecule has 20 heavy (non-hydrogen) atoms. The van der Waals surface area contributed by atoms with Gasteiger partial charge in [-0.2, -0.15) is 0 Å². The molecule has 0 spiro atoms. The van der Waals surface area contributed by atoms with Crippen LogP contribution in [-0.2, 0) is 14.3 Å². The molecule has 0 radical (unpaired) electrons. The molecule has 0 saturated heterocycles. The normalized spacial score (nSPS) is 11.6. The Balaban J connectivity index is 4.19. The lowest BCUT2D eigenvalue weighted by atomic mass is 10.3. The van der Waals surface area contributed by atoms with Gasteiger partial charge in [-0.15, -0.1) is 0 Å². The van der Waals surface area contributed by atoms with Gasteiger partial charge in [-0.25, -0.2) is 4.79 Å². The molecular formula is C12H23N3O5. The number of carbonyl (C=O) groups is 3. The van der Waals surface area contributed by atoms with E-state index in [1.807, 2.05) is 0 Å². The molecule has 0 aromatic rings. The van der Waals surface area contributed by atoms with Crippen molar-refractivity contribution in [2.45, 2.75) is 26.3 Å². The van der Waals surface area contributed by atoms with Gasteiger partial charge in [0.05, 0.1) is 13.0 Å². The number of nitrogens with one attached hydrogen (secondary N) is 2. The minimum Gasteiger partial charge on any atom is -0.481 e. The monoisotopic (exact) mass is 289 g/mol. The van der Waals surface area contributed by atoms with E-state index in [0.717, 1.165) is 0 Å². The van der Waals surface area contributed by atoms with E-state index in [0.29, 0.717) is 19.7 Å². The minimum atomic E-state index is -0.971. The lowest BCUT2D eigenvalue weighted by Crippen LogP contribution is -2.50. The molecule has 1 unspecified atom stereocenters. The number of carboxylic acid groups (broad SMARTS) is 1. The van der Waals surface area contributed by atoms with Crippen molar-refractivity contribution in [2.24, 2.45) is 0 Å². The number of amides is 3. The number of rotatable bonds is 9.